The maximum Gasteiger partial charge on any atom is 0.161 e. The number of fused-ring (bicyclic) bond motifs is 6. The van der Waals surface area contributed by atoms with Crippen molar-refractivity contribution in [2.24, 2.45) is 0 Å². The minimum absolute atomic E-state index is 0.230. The van der Waals surface area contributed by atoms with Gasteiger partial charge >= 0.3 is 0 Å². The Bertz CT molecular complexity index is 2500. The van der Waals surface area contributed by atoms with Gasteiger partial charge in [0.2, 0.25) is 0 Å². The number of thiophene rings is 1. The van der Waals surface area contributed by atoms with E-state index >= 15 is 0 Å². The van der Waals surface area contributed by atoms with Crippen molar-refractivity contribution in [3.8, 4) is 46.4 Å². The molecule has 7 heteroatoms. The highest BCUT2D eigenvalue weighted by molar-refractivity contribution is 7.26. The molecule has 0 radical (unpaired) electrons. The molecule has 6 nitrogen and oxygen atoms in total. The summed E-state index contributed by atoms with van der Waals surface area (Å²) in [5.74, 6) is 0.533. The van der Waals surface area contributed by atoms with E-state index in [2.05, 4.69) is 89.5 Å². The Labute approximate surface area is 255 Å². The fourth-order valence-electron chi connectivity index (χ4n) is 6.18. The second-order valence-corrected chi connectivity index (χ2v) is 11.5. The van der Waals surface area contributed by atoms with Crippen molar-refractivity contribution in [1.29, 1.82) is 15.8 Å². The fourth-order valence-corrected chi connectivity index (χ4v) is 7.29. The molecule has 0 unspecified atom stereocenters. The van der Waals surface area contributed by atoms with Crippen molar-refractivity contribution in [2.75, 3.05) is 0 Å². The lowest BCUT2D eigenvalue weighted by Crippen LogP contribution is -2.01. The highest BCUT2D eigenvalue weighted by Crippen LogP contribution is 2.44. The van der Waals surface area contributed by atoms with E-state index in [1.54, 1.807) is 23.7 Å². The average molecular weight is 579 g/mol. The Hall–Kier alpha value is -6.33. The van der Waals surface area contributed by atoms with E-state index < -0.39 is 0 Å². The molecule has 0 amide bonds. The van der Waals surface area contributed by atoms with Gasteiger partial charge in [-0.1, -0.05) is 54.6 Å². The first kappa shape index (κ1) is 25.4. The van der Waals surface area contributed by atoms with Crippen LogP contribution in [-0.2, 0) is 0 Å². The van der Waals surface area contributed by atoms with E-state index in [9.17, 15) is 15.8 Å². The third kappa shape index (κ3) is 3.70. The number of rotatable bonds is 3. The van der Waals surface area contributed by atoms with Gasteiger partial charge in [-0.2, -0.15) is 15.8 Å². The Kier molecular flexibility index (Phi) is 5.71. The van der Waals surface area contributed by atoms with Crippen LogP contribution in [0.1, 0.15) is 16.7 Å². The summed E-state index contributed by atoms with van der Waals surface area (Å²) in [6.07, 6.45) is 3.32. The second kappa shape index (κ2) is 9.89. The van der Waals surface area contributed by atoms with Gasteiger partial charge in [0.1, 0.15) is 0 Å². The van der Waals surface area contributed by atoms with Gasteiger partial charge in [0.05, 0.1) is 57.2 Å². The first-order valence-corrected chi connectivity index (χ1v) is 14.7. The summed E-state index contributed by atoms with van der Waals surface area (Å²) in [6, 6.07) is 38.7. The lowest BCUT2D eigenvalue weighted by Gasteiger charge is -2.15. The van der Waals surface area contributed by atoms with Crippen molar-refractivity contribution >= 4 is 53.3 Å². The first-order valence-electron chi connectivity index (χ1n) is 13.8. The van der Waals surface area contributed by atoms with Gasteiger partial charge in [0.15, 0.2) is 5.82 Å². The van der Waals surface area contributed by atoms with Crippen molar-refractivity contribution in [3.63, 3.8) is 0 Å². The number of nitriles is 3. The summed E-state index contributed by atoms with van der Waals surface area (Å²) in [5, 5.41) is 33.6. The van der Waals surface area contributed by atoms with Crippen LogP contribution in [-0.4, -0.2) is 14.5 Å². The number of para-hydroxylation sites is 2. The zero-order valence-electron chi connectivity index (χ0n) is 23.0. The first-order chi connectivity index (χ1) is 21.7. The van der Waals surface area contributed by atoms with E-state index in [0.29, 0.717) is 17.0 Å². The molecular weight excluding hydrogens is 561 g/mol. The lowest BCUT2D eigenvalue weighted by atomic mass is 9.95. The molecule has 0 saturated carbocycles. The second-order valence-electron chi connectivity index (χ2n) is 10.4. The lowest BCUT2D eigenvalue weighted by molar-refractivity contribution is 1.14. The smallest absolute Gasteiger partial charge is 0.161 e. The van der Waals surface area contributed by atoms with Crippen molar-refractivity contribution in [1.82, 2.24) is 14.5 Å². The highest BCUT2D eigenvalue weighted by Gasteiger charge is 2.22. The third-order valence-electron chi connectivity index (χ3n) is 8.01. The van der Waals surface area contributed by atoms with Crippen LogP contribution >= 0.6 is 11.3 Å². The molecule has 0 bridgehead atoms. The molecule has 3 aromatic heterocycles. The zero-order valence-corrected chi connectivity index (χ0v) is 23.8. The monoisotopic (exact) mass is 578 g/mol. The van der Waals surface area contributed by atoms with Crippen LogP contribution in [0.4, 0.5) is 0 Å². The van der Waals surface area contributed by atoms with E-state index in [1.807, 2.05) is 18.2 Å². The van der Waals surface area contributed by atoms with E-state index in [1.165, 1.54) is 16.8 Å². The molecule has 0 aliphatic heterocycles. The fraction of sp³-hybridized carbons (Fsp3) is 0. The van der Waals surface area contributed by atoms with Crippen LogP contribution in [0.25, 0.3) is 70.2 Å². The summed E-state index contributed by atoms with van der Waals surface area (Å²) in [5.41, 5.74) is 5.70. The molecule has 3 heterocycles. The molecule has 0 fully saturated rings. The predicted molar refractivity (Wildman–Crippen MR) is 174 cm³/mol. The van der Waals surface area contributed by atoms with Crippen LogP contribution in [0.3, 0.4) is 0 Å². The Morgan fingerprint density at radius 3 is 1.80 bits per heavy atom. The normalized spacial score (nSPS) is 11.1. The zero-order chi connectivity index (χ0) is 29.8. The largest absolute Gasteiger partial charge is 0.308 e. The van der Waals surface area contributed by atoms with Gasteiger partial charge in [-0.05, 0) is 42.5 Å². The summed E-state index contributed by atoms with van der Waals surface area (Å²) >= 11 is 1.73. The summed E-state index contributed by atoms with van der Waals surface area (Å²) in [7, 11) is 0. The van der Waals surface area contributed by atoms with Gasteiger partial charge in [-0.3, -0.25) is 0 Å². The molecule has 202 valence electrons. The summed E-state index contributed by atoms with van der Waals surface area (Å²) in [6.45, 7) is 0. The number of hydrogen-bond donors (Lipinski definition) is 0. The van der Waals surface area contributed by atoms with E-state index in [4.69, 9.17) is 9.97 Å². The Morgan fingerprint density at radius 2 is 1.18 bits per heavy atom. The van der Waals surface area contributed by atoms with Crippen molar-refractivity contribution in [2.45, 2.75) is 0 Å². The molecule has 8 rings (SSSR count). The van der Waals surface area contributed by atoms with E-state index in [-0.39, 0.29) is 16.7 Å². The number of hydrogen-bond acceptors (Lipinski definition) is 6. The maximum atomic E-state index is 9.85. The molecule has 0 saturated heterocycles. The Balaban J connectivity index is 1.44. The van der Waals surface area contributed by atoms with E-state index in [0.717, 1.165) is 48.5 Å². The summed E-state index contributed by atoms with van der Waals surface area (Å²) < 4.78 is 4.59. The van der Waals surface area contributed by atoms with Crippen LogP contribution in [0.5, 0.6) is 0 Å². The van der Waals surface area contributed by atoms with Crippen LogP contribution in [0.2, 0.25) is 0 Å². The minimum atomic E-state index is 0.230. The van der Waals surface area contributed by atoms with Crippen molar-refractivity contribution < 1.29 is 0 Å². The Morgan fingerprint density at radius 1 is 0.591 bits per heavy atom. The topological polar surface area (TPSA) is 102 Å². The van der Waals surface area contributed by atoms with Gasteiger partial charge in [0.25, 0.3) is 0 Å². The quantitative estimate of drug-likeness (QED) is 0.208. The van der Waals surface area contributed by atoms with Crippen LogP contribution in [0, 0.1) is 34.0 Å². The molecule has 44 heavy (non-hydrogen) atoms. The predicted octanol–water partition coefficient (Wildman–Crippen LogP) is 8.89. The molecule has 0 spiro atoms. The summed E-state index contributed by atoms with van der Waals surface area (Å²) in [4.78, 5) is 9.76. The number of nitrogens with zero attached hydrogens (tertiary/aromatic N) is 6. The van der Waals surface area contributed by atoms with Gasteiger partial charge < -0.3 is 4.57 Å². The van der Waals surface area contributed by atoms with Gasteiger partial charge in [-0.15, -0.1) is 11.3 Å². The molecule has 0 N–H and O–H groups in total. The number of aromatic nitrogens is 3. The standard InChI is InChI=1S/C37H18N6S/c38-17-22-15-23(18-39)34(24(16-22)19-40)25-20-41-37(42-21-25)36-31(13-14-33-35(36)28-9-3-6-12-32(28)44-33)43-29-10-4-1-7-26(29)27-8-2-5-11-30(27)43/h1-16,20-21H. The molecule has 5 aromatic carbocycles. The van der Waals surface area contributed by atoms with Gasteiger partial charge in [0, 0.05) is 54.5 Å². The van der Waals surface area contributed by atoms with Crippen LogP contribution < -0.4 is 0 Å². The molecule has 8 aromatic rings. The van der Waals surface area contributed by atoms with Crippen molar-refractivity contribution in [3.05, 3.63) is 126 Å². The molecular formula is C37H18N6S. The average Bonchev–Trinajstić information content (AvgIpc) is 3.63. The maximum absolute atomic E-state index is 9.85. The highest BCUT2D eigenvalue weighted by atomic mass is 32.1. The SMILES string of the molecule is N#Cc1cc(C#N)c(-c2cnc(-c3c(-n4c5ccccc5c5ccccc54)ccc4sc5ccccc5c34)nc2)c(C#N)c1. The number of benzene rings is 5. The molecule has 0 atom stereocenters. The van der Waals surface area contributed by atoms with Gasteiger partial charge in [-0.25, -0.2) is 9.97 Å². The molecule has 0 aliphatic carbocycles. The molecule has 0 aliphatic rings. The minimum Gasteiger partial charge on any atom is -0.308 e. The third-order valence-corrected chi connectivity index (χ3v) is 9.15. The van der Waals surface area contributed by atoms with Crippen LogP contribution in [0.15, 0.2) is 109 Å².